The number of halogens is 2. The zero-order valence-corrected chi connectivity index (χ0v) is 19.8. The Morgan fingerprint density at radius 2 is 1.46 bits per heavy atom. The number of carbonyl (C=O) groups is 4. The van der Waals surface area contributed by atoms with Gasteiger partial charge in [-0.15, -0.1) is 0 Å². The summed E-state index contributed by atoms with van der Waals surface area (Å²) < 4.78 is 6.26. The van der Waals surface area contributed by atoms with E-state index in [-0.39, 0.29) is 26.9 Å². The standard InChI is InChI=1S/C27H17Cl2NO5/c1-13-6-8-14(9-7-13)22-20-21(26(34)30(25(20)33)19-12-15(28)10-11-18(19)29)27(35-22)23(31)16-4-2-3-5-17(16)24(27)32/h2-12,20-22H,1H3/t20-,21+,22-/m0/s1. The number of benzene rings is 3. The van der Waals surface area contributed by atoms with E-state index in [1.165, 1.54) is 24.3 Å². The van der Waals surface area contributed by atoms with Crippen molar-refractivity contribution in [2.24, 2.45) is 11.8 Å². The highest BCUT2D eigenvalue weighted by molar-refractivity contribution is 6.40. The largest absolute Gasteiger partial charge is 0.349 e. The fraction of sp³-hybridized carbons (Fsp3) is 0.185. The third kappa shape index (κ3) is 2.88. The Hall–Kier alpha value is -3.32. The van der Waals surface area contributed by atoms with E-state index in [1.54, 1.807) is 30.3 Å². The molecule has 2 aliphatic heterocycles. The van der Waals surface area contributed by atoms with Crippen LogP contribution in [0.5, 0.6) is 0 Å². The molecule has 3 aromatic rings. The molecule has 3 aliphatic rings. The highest BCUT2D eigenvalue weighted by Gasteiger charge is 2.74. The maximum absolute atomic E-state index is 13.9. The van der Waals surface area contributed by atoms with Crippen LogP contribution in [0.3, 0.4) is 0 Å². The van der Waals surface area contributed by atoms with Crippen LogP contribution in [0.1, 0.15) is 37.9 Å². The molecule has 2 heterocycles. The number of amides is 2. The maximum atomic E-state index is 13.9. The zero-order valence-electron chi connectivity index (χ0n) is 18.3. The Bertz CT molecular complexity index is 1430. The first-order valence-corrected chi connectivity index (χ1v) is 11.8. The van der Waals surface area contributed by atoms with E-state index in [0.29, 0.717) is 5.56 Å². The van der Waals surface area contributed by atoms with Crippen LogP contribution in [0.15, 0.2) is 66.7 Å². The predicted octanol–water partition coefficient (Wildman–Crippen LogP) is 5.00. The molecule has 0 N–H and O–H groups in total. The zero-order chi connectivity index (χ0) is 24.6. The summed E-state index contributed by atoms with van der Waals surface area (Å²) in [6.45, 7) is 1.91. The maximum Gasteiger partial charge on any atom is 0.241 e. The van der Waals surface area contributed by atoms with Gasteiger partial charge in [0.1, 0.15) is 0 Å². The minimum atomic E-state index is -2.13. The second-order valence-electron chi connectivity index (χ2n) is 9.00. The third-order valence-corrected chi connectivity index (χ3v) is 7.63. The van der Waals surface area contributed by atoms with Crippen LogP contribution in [0, 0.1) is 18.8 Å². The van der Waals surface area contributed by atoms with Gasteiger partial charge in [-0.3, -0.25) is 19.2 Å². The molecule has 0 bridgehead atoms. The van der Waals surface area contributed by atoms with Crippen molar-refractivity contribution < 1.29 is 23.9 Å². The number of hydrogen-bond acceptors (Lipinski definition) is 5. The predicted molar refractivity (Wildman–Crippen MR) is 129 cm³/mol. The van der Waals surface area contributed by atoms with Gasteiger partial charge in [0.25, 0.3) is 0 Å². The second kappa shape index (κ2) is 7.59. The van der Waals surface area contributed by atoms with Crippen LogP contribution in [-0.2, 0) is 14.3 Å². The quantitative estimate of drug-likeness (QED) is 0.361. The van der Waals surface area contributed by atoms with Crippen molar-refractivity contribution in [2.75, 3.05) is 4.90 Å². The summed E-state index contributed by atoms with van der Waals surface area (Å²) in [4.78, 5) is 56.2. The lowest BCUT2D eigenvalue weighted by atomic mass is 9.77. The van der Waals surface area contributed by atoms with Gasteiger partial charge in [-0.1, -0.05) is 77.3 Å². The minimum absolute atomic E-state index is 0.108. The molecule has 0 unspecified atom stereocenters. The third-order valence-electron chi connectivity index (χ3n) is 7.07. The molecule has 1 aliphatic carbocycles. The molecule has 6 nitrogen and oxygen atoms in total. The van der Waals surface area contributed by atoms with E-state index in [4.69, 9.17) is 27.9 Å². The highest BCUT2D eigenvalue weighted by Crippen LogP contribution is 2.58. The normalized spacial score (nSPS) is 24.4. The van der Waals surface area contributed by atoms with Crippen molar-refractivity contribution in [3.05, 3.63) is 99.0 Å². The number of imide groups is 1. The van der Waals surface area contributed by atoms with Gasteiger partial charge in [0, 0.05) is 16.1 Å². The van der Waals surface area contributed by atoms with Crippen LogP contribution in [0.2, 0.25) is 10.0 Å². The number of hydrogen-bond donors (Lipinski definition) is 0. The molecule has 8 heteroatoms. The van der Waals surface area contributed by atoms with Crippen LogP contribution in [0.25, 0.3) is 0 Å². The number of rotatable bonds is 2. The lowest BCUT2D eigenvalue weighted by Gasteiger charge is -2.27. The first kappa shape index (κ1) is 22.2. The first-order valence-electron chi connectivity index (χ1n) is 11.0. The first-order chi connectivity index (χ1) is 16.8. The van der Waals surface area contributed by atoms with Crippen molar-refractivity contribution in [1.82, 2.24) is 0 Å². The Morgan fingerprint density at radius 3 is 2.09 bits per heavy atom. The molecule has 0 saturated carbocycles. The number of Topliss-reactive ketones (excluding diaryl/α,β-unsaturated/α-hetero) is 2. The van der Waals surface area contributed by atoms with Gasteiger partial charge in [0.2, 0.25) is 29.0 Å². The van der Waals surface area contributed by atoms with Crippen LogP contribution < -0.4 is 4.90 Å². The summed E-state index contributed by atoms with van der Waals surface area (Å²) >= 11 is 12.5. The van der Waals surface area contributed by atoms with Gasteiger partial charge in [-0.05, 0) is 30.7 Å². The van der Waals surface area contributed by atoms with Crippen molar-refractivity contribution in [2.45, 2.75) is 18.6 Å². The molecule has 2 fully saturated rings. The topological polar surface area (TPSA) is 80.8 Å². The number of aryl methyl sites for hydroxylation is 1. The van der Waals surface area contributed by atoms with Crippen molar-refractivity contribution >= 4 is 52.3 Å². The molecule has 2 amide bonds. The van der Waals surface area contributed by atoms with Gasteiger partial charge in [0.15, 0.2) is 0 Å². The Kier molecular flexibility index (Phi) is 4.81. The average molecular weight is 506 g/mol. The molecule has 174 valence electrons. The van der Waals surface area contributed by atoms with E-state index < -0.39 is 46.9 Å². The summed E-state index contributed by atoms with van der Waals surface area (Å²) in [6, 6.07) is 18.1. The highest BCUT2D eigenvalue weighted by atomic mass is 35.5. The summed E-state index contributed by atoms with van der Waals surface area (Å²) in [5, 5.41) is 0.425. The van der Waals surface area contributed by atoms with Gasteiger partial charge >= 0.3 is 0 Å². The molecule has 6 rings (SSSR count). The lowest BCUT2D eigenvalue weighted by Crippen LogP contribution is -2.51. The van der Waals surface area contributed by atoms with E-state index in [9.17, 15) is 19.2 Å². The molecular formula is C27H17Cl2NO5. The molecule has 0 aromatic heterocycles. The summed E-state index contributed by atoms with van der Waals surface area (Å²) in [6.07, 6.45) is -0.984. The number of carbonyl (C=O) groups excluding carboxylic acids is 4. The SMILES string of the molecule is Cc1ccc([C@@H]2OC3(C(=O)c4ccccc4C3=O)[C@H]3C(=O)N(c4cc(Cl)ccc4Cl)C(=O)[C@H]23)cc1. The van der Waals surface area contributed by atoms with Gasteiger partial charge in [-0.25, -0.2) is 4.90 Å². The van der Waals surface area contributed by atoms with E-state index in [2.05, 4.69) is 0 Å². The summed E-state index contributed by atoms with van der Waals surface area (Å²) in [5.41, 5.74) is -0.0765. The van der Waals surface area contributed by atoms with Crippen LogP contribution in [0.4, 0.5) is 5.69 Å². The van der Waals surface area contributed by atoms with Crippen molar-refractivity contribution in [3.8, 4) is 0 Å². The van der Waals surface area contributed by atoms with Gasteiger partial charge < -0.3 is 4.74 Å². The minimum Gasteiger partial charge on any atom is -0.349 e. The lowest BCUT2D eigenvalue weighted by molar-refractivity contribution is -0.127. The number of ether oxygens (including phenoxy) is 1. The number of nitrogens with zero attached hydrogens (tertiary/aromatic N) is 1. The Balaban J connectivity index is 1.56. The Labute approximate surface area is 210 Å². The molecule has 2 saturated heterocycles. The van der Waals surface area contributed by atoms with Crippen LogP contribution in [-0.4, -0.2) is 29.0 Å². The second-order valence-corrected chi connectivity index (χ2v) is 9.84. The molecule has 1 spiro atoms. The van der Waals surface area contributed by atoms with Gasteiger partial charge in [0.05, 0.1) is 28.6 Å². The molecular weight excluding hydrogens is 489 g/mol. The fourth-order valence-corrected chi connectivity index (χ4v) is 5.84. The number of fused-ring (bicyclic) bond motifs is 3. The number of ketones is 2. The molecule has 3 aromatic carbocycles. The summed E-state index contributed by atoms with van der Waals surface area (Å²) in [7, 11) is 0. The Morgan fingerprint density at radius 1 is 0.829 bits per heavy atom. The smallest absolute Gasteiger partial charge is 0.241 e. The summed E-state index contributed by atoms with van der Waals surface area (Å²) in [5.74, 6) is -4.96. The number of anilines is 1. The molecule has 35 heavy (non-hydrogen) atoms. The van der Waals surface area contributed by atoms with E-state index in [0.717, 1.165) is 10.5 Å². The monoisotopic (exact) mass is 505 g/mol. The van der Waals surface area contributed by atoms with Crippen molar-refractivity contribution in [3.63, 3.8) is 0 Å². The van der Waals surface area contributed by atoms with E-state index in [1.807, 2.05) is 19.1 Å². The van der Waals surface area contributed by atoms with Gasteiger partial charge in [-0.2, -0.15) is 0 Å². The average Bonchev–Trinajstić information content (AvgIpc) is 3.41. The molecule has 3 atom stereocenters. The fourth-order valence-electron chi connectivity index (χ4n) is 5.47. The van der Waals surface area contributed by atoms with Crippen LogP contribution >= 0.6 is 23.2 Å². The molecule has 0 radical (unpaired) electrons. The van der Waals surface area contributed by atoms with Crippen molar-refractivity contribution in [1.29, 1.82) is 0 Å². The van der Waals surface area contributed by atoms with E-state index >= 15 is 0 Å².